The molecule has 1 aromatic rings. The molecular weight excluding hydrogens is 706 g/mol. The smallest absolute Gasteiger partial charge is 0.187 e. The number of nitrogens with two attached hydrogens (primary N) is 5. The van der Waals surface area contributed by atoms with E-state index in [2.05, 4.69) is 10.3 Å². The van der Waals surface area contributed by atoms with Crippen molar-refractivity contribution in [1.82, 2.24) is 10.3 Å². The number of hydrogen-bond donors (Lipinski definition) is 13. The first kappa shape index (κ1) is 42.5. The normalized spacial score (nSPS) is 45.0. The zero-order valence-corrected chi connectivity index (χ0v) is 29.3. The fourth-order valence-electron chi connectivity index (χ4n) is 7.03. The second-order valence-electron chi connectivity index (χ2n) is 13.9. The standard InChI is InChI=1S/C32H57N7O14/c33-9-16-22(43)24(45)19(36)30(48-16)52-27-18(12-41)50-32(29(27)47-7-6-38-5-3-13-2-1-4-39-10-13)53-28-21(42)14(34)8-15(35)26(28)51-31-20(37)25(46)23(44)17(11-40)49-31/h1-2,4,10,14-32,38,40-46H,3,5-9,11-12,33-37H2/t14-,15+,16+,17-,18-,19-,20-,21+,22-,23-,24-,25-,26-,27-,28-,29-,30-,31-,32+/m1/s1. The average Bonchev–Trinajstić information content (AvgIpc) is 3.48. The number of aliphatic hydroxyl groups is 7. The molecular formula is C32H57N7O14. The lowest BCUT2D eigenvalue weighted by Gasteiger charge is -2.47. The SMILES string of the molecule is NC[C@@H]1O[C@H](O[C@H]2[C@@H](OCCNCCc3cccnc3)[C@H](O[C@@H]3[C@@H](O)[C@H](N)C[C@H](N)[C@H]3O[C@H]3O[C@H](CO)[C@@H](O)[C@H](O)[C@H]3N)O[C@@H]2CO)[C@H](N)[C@@H](O)[C@@H]1O. The van der Waals surface area contributed by atoms with E-state index in [0.29, 0.717) is 19.5 Å². The van der Waals surface area contributed by atoms with E-state index in [1.54, 1.807) is 12.4 Å². The molecule has 21 nitrogen and oxygen atoms in total. The van der Waals surface area contributed by atoms with Gasteiger partial charge in [0.1, 0.15) is 67.1 Å². The molecule has 0 aromatic carbocycles. The van der Waals surface area contributed by atoms with Gasteiger partial charge in [0.25, 0.3) is 0 Å². The first-order valence-electron chi connectivity index (χ1n) is 17.9. The van der Waals surface area contributed by atoms with E-state index in [1.165, 1.54) is 0 Å². The van der Waals surface area contributed by atoms with Gasteiger partial charge in [-0.15, -0.1) is 0 Å². The second-order valence-corrected chi connectivity index (χ2v) is 13.9. The molecule has 4 aliphatic rings. The van der Waals surface area contributed by atoms with Crippen molar-refractivity contribution >= 4 is 0 Å². The topological polar surface area (TPSA) is 361 Å². The van der Waals surface area contributed by atoms with Crippen molar-refractivity contribution in [3.8, 4) is 0 Å². The van der Waals surface area contributed by atoms with Crippen LogP contribution >= 0.6 is 0 Å². The van der Waals surface area contributed by atoms with E-state index >= 15 is 0 Å². The minimum atomic E-state index is -1.53. The molecule has 0 bridgehead atoms. The lowest BCUT2D eigenvalue weighted by atomic mass is 9.84. The summed E-state index contributed by atoms with van der Waals surface area (Å²) in [5, 5.41) is 76.5. The maximum Gasteiger partial charge on any atom is 0.187 e. The van der Waals surface area contributed by atoms with Crippen LogP contribution in [0.2, 0.25) is 0 Å². The van der Waals surface area contributed by atoms with Crippen molar-refractivity contribution in [2.45, 2.75) is 129 Å². The fourth-order valence-corrected chi connectivity index (χ4v) is 7.03. The highest BCUT2D eigenvalue weighted by molar-refractivity contribution is 5.08. The molecule has 1 saturated carbocycles. The van der Waals surface area contributed by atoms with E-state index in [0.717, 1.165) is 5.56 Å². The Morgan fingerprint density at radius 2 is 1.30 bits per heavy atom. The van der Waals surface area contributed by atoms with Crippen LogP contribution in [0.5, 0.6) is 0 Å². The molecule has 3 aliphatic heterocycles. The number of hydrogen-bond acceptors (Lipinski definition) is 21. The van der Waals surface area contributed by atoms with E-state index < -0.39 is 129 Å². The number of pyridine rings is 1. The summed E-state index contributed by atoms with van der Waals surface area (Å²) in [6.07, 6.45) is -15.2. The van der Waals surface area contributed by atoms with Gasteiger partial charge in [0, 0.05) is 37.6 Å². The van der Waals surface area contributed by atoms with Crippen molar-refractivity contribution in [2.75, 3.05) is 39.5 Å². The zero-order chi connectivity index (χ0) is 38.4. The van der Waals surface area contributed by atoms with Gasteiger partial charge in [0.15, 0.2) is 18.9 Å². The summed E-state index contributed by atoms with van der Waals surface area (Å²) < 4.78 is 42.5. The van der Waals surface area contributed by atoms with Gasteiger partial charge in [-0.3, -0.25) is 4.98 Å². The van der Waals surface area contributed by atoms with Crippen LogP contribution in [0.3, 0.4) is 0 Å². The molecule has 1 aliphatic carbocycles. The molecule has 0 unspecified atom stereocenters. The van der Waals surface area contributed by atoms with E-state index in [9.17, 15) is 35.7 Å². The summed E-state index contributed by atoms with van der Waals surface area (Å²) in [5.74, 6) is 0. The molecule has 4 fully saturated rings. The largest absolute Gasteiger partial charge is 0.394 e. The van der Waals surface area contributed by atoms with Crippen LogP contribution in [0.1, 0.15) is 12.0 Å². The molecule has 3 saturated heterocycles. The summed E-state index contributed by atoms with van der Waals surface area (Å²) in [6.45, 7) is -0.342. The second kappa shape index (κ2) is 19.5. The van der Waals surface area contributed by atoms with E-state index in [4.69, 9.17) is 61.8 Å². The van der Waals surface area contributed by atoms with Gasteiger partial charge in [-0.2, -0.15) is 0 Å². The van der Waals surface area contributed by atoms with Crippen LogP contribution in [0, 0.1) is 0 Å². The quantitative estimate of drug-likeness (QED) is 0.0695. The molecule has 5 rings (SSSR count). The molecule has 4 heterocycles. The minimum absolute atomic E-state index is 0.0802. The predicted octanol–water partition coefficient (Wildman–Crippen LogP) is -7.61. The van der Waals surface area contributed by atoms with Gasteiger partial charge in [-0.25, -0.2) is 0 Å². The predicted molar refractivity (Wildman–Crippen MR) is 181 cm³/mol. The van der Waals surface area contributed by atoms with Crippen molar-refractivity contribution in [1.29, 1.82) is 0 Å². The molecule has 18 N–H and O–H groups in total. The fraction of sp³-hybridized carbons (Fsp3) is 0.844. The van der Waals surface area contributed by atoms with Gasteiger partial charge in [-0.05, 0) is 31.0 Å². The number of rotatable bonds is 16. The maximum atomic E-state index is 11.3. The van der Waals surface area contributed by atoms with Crippen molar-refractivity contribution in [3.05, 3.63) is 30.1 Å². The van der Waals surface area contributed by atoms with Crippen molar-refractivity contribution in [3.63, 3.8) is 0 Å². The Kier molecular flexibility index (Phi) is 15.6. The molecule has 304 valence electrons. The van der Waals surface area contributed by atoms with Crippen molar-refractivity contribution < 1.29 is 68.9 Å². The lowest BCUT2D eigenvalue weighted by molar-refractivity contribution is -0.311. The summed E-state index contributed by atoms with van der Waals surface area (Å²) in [7, 11) is 0. The Hall–Kier alpha value is -1.65. The molecule has 0 amide bonds. The number of nitrogens with zero attached hydrogens (tertiary/aromatic N) is 1. The Morgan fingerprint density at radius 3 is 1.92 bits per heavy atom. The Bertz CT molecular complexity index is 1230. The Balaban J connectivity index is 1.34. The maximum absolute atomic E-state index is 11.3. The molecule has 19 atom stereocenters. The van der Waals surface area contributed by atoms with E-state index in [-0.39, 0.29) is 19.6 Å². The number of ether oxygens (including phenoxy) is 7. The molecule has 0 spiro atoms. The van der Waals surface area contributed by atoms with Crippen LogP contribution in [-0.2, 0) is 39.6 Å². The third kappa shape index (κ3) is 9.84. The highest BCUT2D eigenvalue weighted by Crippen LogP contribution is 2.35. The monoisotopic (exact) mass is 763 g/mol. The van der Waals surface area contributed by atoms with Crippen LogP contribution in [0.4, 0.5) is 0 Å². The van der Waals surface area contributed by atoms with Gasteiger partial charge < -0.3 is 103 Å². The van der Waals surface area contributed by atoms with E-state index in [1.807, 2.05) is 12.1 Å². The first-order valence-corrected chi connectivity index (χ1v) is 17.9. The highest BCUT2D eigenvalue weighted by atomic mass is 16.8. The number of nitrogens with one attached hydrogen (secondary N) is 1. The number of aliphatic hydroxyl groups excluding tert-OH is 7. The van der Waals surface area contributed by atoms with Crippen LogP contribution in [-0.4, -0.2) is 196 Å². The Morgan fingerprint density at radius 1 is 0.698 bits per heavy atom. The molecule has 0 radical (unpaired) electrons. The van der Waals surface area contributed by atoms with Crippen LogP contribution < -0.4 is 34.0 Å². The molecule has 53 heavy (non-hydrogen) atoms. The van der Waals surface area contributed by atoms with Gasteiger partial charge >= 0.3 is 0 Å². The third-order valence-electron chi connectivity index (χ3n) is 10.2. The lowest BCUT2D eigenvalue weighted by Crippen LogP contribution is -2.68. The van der Waals surface area contributed by atoms with Gasteiger partial charge in [0.05, 0.1) is 38.0 Å². The summed E-state index contributed by atoms with van der Waals surface area (Å²) in [6, 6.07) is -0.447. The van der Waals surface area contributed by atoms with Crippen molar-refractivity contribution in [2.24, 2.45) is 28.7 Å². The average molecular weight is 764 g/mol. The Labute approximate surface area is 306 Å². The first-order chi connectivity index (χ1) is 25.4. The van der Waals surface area contributed by atoms with Gasteiger partial charge in [-0.1, -0.05) is 6.07 Å². The van der Waals surface area contributed by atoms with Crippen LogP contribution in [0.15, 0.2) is 24.5 Å². The third-order valence-corrected chi connectivity index (χ3v) is 10.2. The van der Waals surface area contributed by atoms with Crippen LogP contribution in [0.25, 0.3) is 0 Å². The zero-order valence-electron chi connectivity index (χ0n) is 29.3. The number of aromatic nitrogens is 1. The molecule has 21 heteroatoms. The summed E-state index contributed by atoms with van der Waals surface area (Å²) >= 11 is 0. The summed E-state index contributed by atoms with van der Waals surface area (Å²) in [4.78, 5) is 4.12. The van der Waals surface area contributed by atoms with Gasteiger partial charge in [0.2, 0.25) is 0 Å². The summed E-state index contributed by atoms with van der Waals surface area (Å²) in [5.41, 5.74) is 31.8. The molecule has 1 aromatic heterocycles. The highest BCUT2D eigenvalue weighted by Gasteiger charge is 2.55. The minimum Gasteiger partial charge on any atom is -0.394 e.